The summed E-state index contributed by atoms with van der Waals surface area (Å²) in [5.41, 5.74) is 0.838. The molecule has 0 saturated carbocycles. The summed E-state index contributed by atoms with van der Waals surface area (Å²) in [7, 11) is 0. The zero-order valence-electron chi connectivity index (χ0n) is 9.12. The Morgan fingerprint density at radius 1 is 1.47 bits per heavy atom. The van der Waals surface area contributed by atoms with Crippen molar-refractivity contribution in [3.05, 3.63) is 36.3 Å². The number of carboxylic acid groups (broad SMARTS) is 1. The van der Waals surface area contributed by atoms with Gasteiger partial charge in [-0.2, -0.15) is 0 Å². The Bertz CT molecular complexity index is 543. The molecule has 0 aliphatic carbocycles. The summed E-state index contributed by atoms with van der Waals surface area (Å²) < 4.78 is 1.69. The first kappa shape index (κ1) is 11.1. The number of pyridine rings is 1. The van der Waals surface area contributed by atoms with Gasteiger partial charge in [0.25, 0.3) is 5.91 Å². The normalized spacial score (nSPS) is 12.3. The van der Waals surface area contributed by atoms with E-state index in [9.17, 15) is 9.59 Å². The SMILES string of the molecule is CC(NC(=O)c1cn2ccccc2n1)C(=O)O. The predicted molar refractivity (Wildman–Crippen MR) is 59.8 cm³/mol. The first-order chi connectivity index (χ1) is 8.08. The minimum absolute atomic E-state index is 0.198. The van der Waals surface area contributed by atoms with E-state index in [1.165, 1.54) is 6.92 Å². The lowest BCUT2D eigenvalue weighted by molar-refractivity contribution is -0.138. The summed E-state index contributed by atoms with van der Waals surface area (Å²) in [5.74, 6) is -1.58. The Labute approximate surface area is 96.9 Å². The van der Waals surface area contributed by atoms with Crippen molar-refractivity contribution in [1.29, 1.82) is 0 Å². The Kier molecular flexibility index (Phi) is 2.78. The molecule has 1 amide bonds. The zero-order chi connectivity index (χ0) is 12.4. The number of carboxylic acids is 1. The van der Waals surface area contributed by atoms with Crippen LogP contribution in [-0.2, 0) is 4.79 Å². The number of carbonyl (C=O) groups is 2. The van der Waals surface area contributed by atoms with Gasteiger partial charge in [0, 0.05) is 12.4 Å². The van der Waals surface area contributed by atoms with Crippen molar-refractivity contribution in [2.24, 2.45) is 0 Å². The molecule has 2 heterocycles. The van der Waals surface area contributed by atoms with Crippen molar-refractivity contribution in [3.63, 3.8) is 0 Å². The van der Waals surface area contributed by atoms with E-state index < -0.39 is 17.9 Å². The van der Waals surface area contributed by atoms with E-state index in [4.69, 9.17) is 5.11 Å². The van der Waals surface area contributed by atoms with Crippen LogP contribution in [0.3, 0.4) is 0 Å². The molecule has 2 aromatic heterocycles. The highest BCUT2D eigenvalue weighted by Crippen LogP contribution is 2.04. The molecular formula is C11H11N3O3. The second kappa shape index (κ2) is 4.25. The fourth-order valence-corrected chi connectivity index (χ4v) is 1.38. The van der Waals surface area contributed by atoms with Crippen molar-refractivity contribution in [3.8, 4) is 0 Å². The molecule has 0 aliphatic heterocycles. The molecule has 0 aliphatic rings. The van der Waals surface area contributed by atoms with E-state index in [2.05, 4.69) is 10.3 Å². The summed E-state index contributed by atoms with van der Waals surface area (Å²) in [5, 5.41) is 11.0. The Morgan fingerprint density at radius 2 is 2.24 bits per heavy atom. The van der Waals surface area contributed by atoms with Crippen LogP contribution in [0.5, 0.6) is 0 Å². The van der Waals surface area contributed by atoms with Crippen LogP contribution in [0.1, 0.15) is 17.4 Å². The fourth-order valence-electron chi connectivity index (χ4n) is 1.38. The monoisotopic (exact) mass is 233 g/mol. The molecule has 1 unspecified atom stereocenters. The van der Waals surface area contributed by atoms with Crippen molar-refractivity contribution in [2.45, 2.75) is 13.0 Å². The lowest BCUT2D eigenvalue weighted by Gasteiger charge is -2.06. The molecule has 2 rings (SSSR count). The van der Waals surface area contributed by atoms with Crippen molar-refractivity contribution >= 4 is 17.5 Å². The summed E-state index contributed by atoms with van der Waals surface area (Å²) in [6.45, 7) is 1.40. The topological polar surface area (TPSA) is 83.7 Å². The van der Waals surface area contributed by atoms with Crippen LogP contribution >= 0.6 is 0 Å². The molecule has 6 heteroatoms. The third kappa shape index (κ3) is 2.25. The number of rotatable bonds is 3. The van der Waals surface area contributed by atoms with Gasteiger partial charge in [0.05, 0.1) is 0 Å². The van der Waals surface area contributed by atoms with Crippen LogP contribution in [0, 0.1) is 0 Å². The van der Waals surface area contributed by atoms with Gasteiger partial charge in [0.15, 0.2) is 0 Å². The minimum Gasteiger partial charge on any atom is -0.480 e. The Morgan fingerprint density at radius 3 is 2.88 bits per heavy atom. The minimum atomic E-state index is -1.08. The molecule has 0 aromatic carbocycles. The number of hydrogen-bond acceptors (Lipinski definition) is 3. The van der Waals surface area contributed by atoms with E-state index in [-0.39, 0.29) is 5.69 Å². The van der Waals surface area contributed by atoms with Crippen LogP contribution in [0.25, 0.3) is 5.65 Å². The summed E-state index contributed by atoms with van der Waals surface area (Å²) in [6, 6.07) is 4.45. The van der Waals surface area contributed by atoms with E-state index in [0.717, 1.165) is 0 Å². The number of nitrogens with one attached hydrogen (secondary N) is 1. The summed E-state index contributed by atoms with van der Waals surface area (Å²) >= 11 is 0. The van der Waals surface area contributed by atoms with Gasteiger partial charge < -0.3 is 14.8 Å². The molecule has 0 bridgehead atoms. The van der Waals surface area contributed by atoms with Gasteiger partial charge in [-0.25, -0.2) is 4.98 Å². The first-order valence-electron chi connectivity index (χ1n) is 5.05. The number of fused-ring (bicyclic) bond motifs is 1. The largest absolute Gasteiger partial charge is 0.480 e. The lowest BCUT2D eigenvalue weighted by atomic mass is 10.3. The molecule has 0 fully saturated rings. The van der Waals surface area contributed by atoms with E-state index in [0.29, 0.717) is 5.65 Å². The smallest absolute Gasteiger partial charge is 0.325 e. The van der Waals surface area contributed by atoms with Gasteiger partial charge in [0.2, 0.25) is 0 Å². The second-order valence-electron chi connectivity index (χ2n) is 3.63. The maximum Gasteiger partial charge on any atom is 0.325 e. The maximum absolute atomic E-state index is 11.7. The van der Waals surface area contributed by atoms with Crippen LogP contribution < -0.4 is 5.32 Å². The molecule has 1 atom stereocenters. The van der Waals surface area contributed by atoms with Gasteiger partial charge in [-0.05, 0) is 19.1 Å². The molecule has 6 nitrogen and oxygen atoms in total. The number of nitrogens with zero attached hydrogens (tertiary/aromatic N) is 2. The van der Waals surface area contributed by atoms with Gasteiger partial charge in [-0.3, -0.25) is 9.59 Å². The maximum atomic E-state index is 11.7. The quantitative estimate of drug-likeness (QED) is 0.810. The molecule has 17 heavy (non-hydrogen) atoms. The highest BCUT2D eigenvalue weighted by atomic mass is 16.4. The summed E-state index contributed by atoms with van der Waals surface area (Å²) in [6.07, 6.45) is 3.32. The van der Waals surface area contributed by atoms with Crippen molar-refractivity contribution in [1.82, 2.24) is 14.7 Å². The number of amides is 1. The standard InChI is InChI=1S/C11H11N3O3/c1-7(11(16)17)12-10(15)8-6-14-5-3-2-4-9(14)13-8/h2-7H,1H3,(H,12,15)(H,16,17). The molecule has 2 N–H and O–H groups in total. The van der Waals surface area contributed by atoms with Crippen LogP contribution in [0.2, 0.25) is 0 Å². The second-order valence-corrected chi connectivity index (χ2v) is 3.63. The number of aliphatic carboxylic acids is 1. The first-order valence-corrected chi connectivity index (χ1v) is 5.05. The third-order valence-corrected chi connectivity index (χ3v) is 2.31. The molecule has 2 aromatic rings. The average Bonchev–Trinajstić information content (AvgIpc) is 2.72. The Hall–Kier alpha value is -2.37. The van der Waals surface area contributed by atoms with Gasteiger partial charge in [0.1, 0.15) is 17.4 Å². The molecule has 0 saturated heterocycles. The third-order valence-electron chi connectivity index (χ3n) is 2.31. The highest BCUT2D eigenvalue weighted by Gasteiger charge is 2.17. The highest BCUT2D eigenvalue weighted by molar-refractivity contribution is 5.95. The molecule has 0 spiro atoms. The average molecular weight is 233 g/mol. The van der Waals surface area contributed by atoms with Crippen LogP contribution in [0.15, 0.2) is 30.6 Å². The molecular weight excluding hydrogens is 222 g/mol. The van der Waals surface area contributed by atoms with E-state index in [1.807, 2.05) is 12.1 Å². The molecule has 88 valence electrons. The number of aromatic nitrogens is 2. The number of carbonyl (C=O) groups excluding carboxylic acids is 1. The number of imidazole rings is 1. The fraction of sp³-hybridized carbons (Fsp3) is 0.182. The van der Waals surface area contributed by atoms with E-state index in [1.54, 1.807) is 22.9 Å². The van der Waals surface area contributed by atoms with Crippen molar-refractivity contribution < 1.29 is 14.7 Å². The van der Waals surface area contributed by atoms with Gasteiger partial charge in [-0.15, -0.1) is 0 Å². The van der Waals surface area contributed by atoms with Crippen molar-refractivity contribution in [2.75, 3.05) is 0 Å². The van der Waals surface area contributed by atoms with Gasteiger partial charge >= 0.3 is 5.97 Å². The lowest BCUT2D eigenvalue weighted by Crippen LogP contribution is -2.38. The van der Waals surface area contributed by atoms with Crippen LogP contribution in [-0.4, -0.2) is 32.4 Å². The number of hydrogen-bond donors (Lipinski definition) is 2. The van der Waals surface area contributed by atoms with E-state index >= 15 is 0 Å². The summed E-state index contributed by atoms with van der Waals surface area (Å²) in [4.78, 5) is 26.4. The van der Waals surface area contributed by atoms with Crippen LogP contribution in [0.4, 0.5) is 0 Å². The van der Waals surface area contributed by atoms with Gasteiger partial charge in [-0.1, -0.05) is 6.07 Å². The predicted octanol–water partition coefficient (Wildman–Crippen LogP) is 0.537. The Balaban J connectivity index is 2.22. The zero-order valence-corrected chi connectivity index (χ0v) is 9.12. The molecule has 0 radical (unpaired) electrons.